The predicted molar refractivity (Wildman–Crippen MR) is 48.1 cm³/mol. The highest BCUT2D eigenvalue weighted by Gasteiger charge is 2.13. The first-order chi connectivity index (χ1) is 6.36. The van der Waals surface area contributed by atoms with Crippen molar-refractivity contribution >= 4 is 12.8 Å². The van der Waals surface area contributed by atoms with Crippen molar-refractivity contribution in [2.75, 3.05) is 0 Å². The summed E-state index contributed by atoms with van der Waals surface area (Å²) >= 11 is 0. The van der Waals surface area contributed by atoms with Gasteiger partial charge in [-0.15, -0.1) is 0 Å². The molecule has 0 aromatic heterocycles. The summed E-state index contributed by atoms with van der Waals surface area (Å²) in [6, 6.07) is 0. The maximum atomic E-state index is 10.6. The predicted octanol–water partition coefficient (Wildman–Crippen LogP) is 1.47. The molecule has 1 rings (SSSR count). The first-order valence-corrected chi connectivity index (χ1v) is 4.58. The fourth-order valence-electron chi connectivity index (χ4n) is 1.50. The molecular weight excluding hydrogens is 168 g/mol. The van der Waals surface area contributed by atoms with Gasteiger partial charge in [-0.05, 0) is 31.8 Å². The number of carbonyl (C=O) groups excluding carboxylic acids is 2. The van der Waals surface area contributed by atoms with Gasteiger partial charge in [0.05, 0.1) is 0 Å². The molecule has 0 aliphatic heterocycles. The van der Waals surface area contributed by atoms with Crippen molar-refractivity contribution in [2.45, 2.75) is 31.8 Å². The molecule has 0 saturated heterocycles. The Morgan fingerprint density at radius 2 is 2.08 bits per heavy atom. The lowest BCUT2D eigenvalue weighted by atomic mass is 9.94. The van der Waals surface area contributed by atoms with Gasteiger partial charge in [0.1, 0.15) is 12.4 Å². The number of aldehydes is 1. The summed E-state index contributed by atoms with van der Waals surface area (Å²) in [7, 11) is 0. The molecule has 0 fully saturated rings. The average Bonchev–Trinajstić information content (AvgIpc) is 2.11. The van der Waals surface area contributed by atoms with Crippen molar-refractivity contribution in [1.29, 1.82) is 0 Å². The van der Waals surface area contributed by atoms with Gasteiger partial charge in [0, 0.05) is 5.92 Å². The van der Waals surface area contributed by atoms with Crippen LogP contribution in [0.15, 0.2) is 12.2 Å². The fraction of sp³-hybridized carbons (Fsp3) is 0.600. The Morgan fingerprint density at radius 1 is 1.23 bits per heavy atom. The second-order valence-corrected chi connectivity index (χ2v) is 3.25. The molecule has 0 saturated carbocycles. The summed E-state index contributed by atoms with van der Waals surface area (Å²) in [5.41, 5.74) is 0. The topological polar surface area (TPSA) is 43.4 Å². The molecule has 3 nitrogen and oxygen atoms in total. The Balaban J connectivity index is 2.46. The summed E-state index contributed by atoms with van der Waals surface area (Å²) < 4.78 is 4.83. The van der Waals surface area contributed by atoms with E-state index in [0.29, 0.717) is 6.47 Å². The lowest BCUT2D eigenvalue weighted by Gasteiger charge is -2.16. The Morgan fingerprint density at radius 3 is 2.77 bits per heavy atom. The molecule has 13 heavy (non-hydrogen) atoms. The zero-order valence-corrected chi connectivity index (χ0v) is 7.52. The highest BCUT2D eigenvalue weighted by Crippen LogP contribution is 2.18. The quantitative estimate of drug-likeness (QED) is 0.490. The van der Waals surface area contributed by atoms with Crippen LogP contribution in [-0.4, -0.2) is 18.9 Å². The maximum absolute atomic E-state index is 10.6. The highest BCUT2D eigenvalue weighted by molar-refractivity contribution is 5.53. The van der Waals surface area contributed by atoms with Crippen molar-refractivity contribution in [2.24, 2.45) is 5.92 Å². The second kappa shape index (κ2) is 5.51. The number of carbonyl (C=O) groups is 2. The van der Waals surface area contributed by atoms with Crippen molar-refractivity contribution < 1.29 is 14.3 Å². The van der Waals surface area contributed by atoms with Crippen LogP contribution in [-0.2, 0) is 14.3 Å². The molecule has 0 bridgehead atoms. The Bertz CT molecular complexity index is 198. The minimum Gasteiger partial charge on any atom is -0.460 e. The number of ether oxygens (including phenoxy) is 1. The first kappa shape index (κ1) is 9.96. The van der Waals surface area contributed by atoms with Crippen LogP contribution in [0.4, 0.5) is 0 Å². The number of rotatable bonds is 3. The first-order valence-electron chi connectivity index (χ1n) is 4.58. The summed E-state index contributed by atoms with van der Waals surface area (Å²) in [5.74, 6) is 0.128. The molecule has 0 N–H and O–H groups in total. The van der Waals surface area contributed by atoms with Gasteiger partial charge in [0.15, 0.2) is 0 Å². The van der Waals surface area contributed by atoms with E-state index in [2.05, 4.69) is 0 Å². The van der Waals surface area contributed by atoms with Gasteiger partial charge in [0.25, 0.3) is 6.47 Å². The third-order valence-electron chi connectivity index (χ3n) is 2.30. The van der Waals surface area contributed by atoms with Crippen LogP contribution in [0.5, 0.6) is 0 Å². The van der Waals surface area contributed by atoms with E-state index in [1.54, 1.807) is 0 Å². The van der Waals surface area contributed by atoms with Crippen LogP contribution in [0.25, 0.3) is 0 Å². The van der Waals surface area contributed by atoms with Crippen molar-refractivity contribution in [3.63, 3.8) is 0 Å². The smallest absolute Gasteiger partial charge is 0.293 e. The minimum atomic E-state index is -0.139. The van der Waals surface area contributed by atoms with Gasteiger partial charge >= 0.3 is 0 Å². The van der Waals surface area contributed by atoms with Crippen molar-refractivity contribution in [3.8, 4) is 0 Å². The fourth-order valence-corrected chi connectivity index (χ4v) is 1.50. The summed E-state index contributed by atoms with van der Waals surface area (Å²) in [6.07, 6.45) is 8.09. The Hall–Kier alpha value is -1.12. The average molecular weight is 182 g/mol. The van der Waals surface area contributed by atoms with Gasteiger partial charge < -0.3 is 9.53 Å². The van der Waals surface area contributed by atoms with E-state index in [1.807, 2.05) is 12.2 Å². The number of hydrogen-bond donors (Lipinski definition) is 0. The van der Waals surface area contributed by atoms with Crippen LogP contribution in [0.3, 0.4) is 0 Å². The third-order valence-corrected chi connectivity index (χ3v) is 2.30. The van der Waals surface area contributed by atoms with E-state index in [9.17, 15) is 9.59 Å². The van der Waals surface area contributed by atoms with Crippen molar-refractivity contribution in [1.82, 2.24) is 0 Å². The number of hydrogen-bond acceptors (Lipinski definition) is 3. The normalized spacial score (nSPS) is 31.1. The van der Waals surface area contributed by atoms with Gasteiger partial charge in [0.2, 0.25) is 0 Å². The van der Waals surface area contributed by atoms with Crippen LogP contribution in [0.1, 0.15) is 25.7 Å². The summed E-state index contributed by atoms with van der Waals surface area (Å²) in [5, 5.41) is 0. The summed E-state index contributed by atoms with van der Waals surface area (Å²) in [4.78, 5) is 20.7. The zero-order chi connectivity index (χ0) is 9.52. The molecule has 72 valence electrons. The van der Waals surface area contributed by atoms with Gasteiger partial charge in [-0.2, -0.15) is 0 Å². The largest absolute Gasteiger partial charge is 0.460 e. The van der Waals surface area contributed by atoms with Crippen LogP contribution in [0.2, 0.25) is 0 Å². The van der Waals surface area contributed by atoms with Gasteiger partial charge in [-0.25, -0.2) is 0 Å². The van der Waals surface area contributed by atoms with E-state index in [-0.39, 0.29) is 12.0 Å². The Kier molecular flexibility index (Phi) is 4.23. The zero-order valence-electron chi connectivity index (χ0n) is 7.52. The monoisotopic (exact) mass is 182 g/mol. The standard InChI is InChI=1S/C10H14O3/c11-7-9-3-1-2-4-10(6-5-9)13-8-12/h2,4,7-10H,1,3,5-6H2/b4-2+. The molecular formula is C10H14O3. The van der Waals surface area contributed by atoms with Gasteiger partial charge in [-0.1, -0.05) is 6.08 Å². The molecule has 0 heterocycles. The minimum absolute atomic E-state index is 0.128. The van der Waals surface area contributed by atoms with E-state index in [0.717, 1.165) is 32.0 Å². The molecule has 0 amide bonds. The molecule has 1 aliphatic carbocycles. The van der Waals surface area contributed by atoms with E-state index in [1.165, 1.54) is 0 Å². The molecule has 2 atom stereocenters. The molecule has 2 unspecified atom stereocenters. The van der Waals surface area contributed by atoms with Gasteiger partial charge in [-0.3, -0.25) is 4.79 Å². The molecule has 0 aromatic rings. The molecule has 0 aromatic carbocycles. The molecule has 3 heteroatoms. The third kappa shape index (κ3) is 3.40. The second-order valence-electron chi connectivity index (χ2n) is 3.25. The molecule has 0 spiro atoms. The summed E-state index contributed by atoms with van der Waals surface area (Å²) in [6.45, 7) is 0.465. The molecule has 1 aliphatic rings. The maximum Gasteiger partial charge on any atom is 0.293 e. The SMILES string of the molecule is O=COC1/C=C/CCC(C=O)CC1. The van der Waals surface area contributed by atoms with Crippen LogP contribution < -0.4 is 0 Å². The number of allylic oxidation sites excluding steroid dienone is 1. The van der Waals surface area contributed by atoms with E-state index >= 15 is 0 Å². The Labute approximate surface area is 77.8 Å². The highest BCUT2D eigenvalue weighted by atomic mass is 16.5. The van der Waals surface area contributed by atoms with Crippen molar-refractivity contribution in [3.05, 3.63) is 12.2 Å². The van der Waals surface area contributed by atoms with E-state index in [4.69, 9.17) is 4.74 Å². The lowest BCUT2D eigenvalue weighted by Crippen LogP contribution is -2.14. The lowest BCUT2D eigenvalue weighted by molar-refractivity contribution is -0.131. The van der Waals surface area contributed by atoms with Crippen LogP contribution >= 0.6 is 0 Å². The van der Waals surface area contributed by atoms with E-state index < -0.39 is 0 Å². The molecule has 0 radical (unpaired) electrons. The van der Waals surface area contributed by atoms with Crippen LogP contribution in [0, 0.1) is 5.92 Å².